The van der Waals surface area contributed by atoms with Crippen molar-refractivity contribution in [3.63, 3.8) is 0 Å². The molecule has 10 nitrogen and oxygen atoms in total. The predicted octanol–water partition coefficient (Wildman–Crippen LogP) is 4.54. The van der Waals surface area contributed by atoms with Crippen LogP contribution >= 0.6 is 12.2 Å². The second-order valence-corrected chi connectivity index (χ2v) is 9.96. The maximum absolute atomic E-state index is 13.5. The van der Waals surface area contributed by atoms with E-state index < -0.39 is 11.4 Å². The highest BCUT2D eigenvalue weighted by Crippen LogP contribution is 2.46. The van der Waals surface area contributed by atoms with Gasteiger partial charge in [-0.1, -0.05) is 18.2 Å². The Kier molecular flexibility index (Phi) is 5.35. The lowest BCUT2D eigenvalue weighted by Crippen LogP contribution is -2.51. The number of H-pyrrole nitrogens is 2. The number of benzene rings is 1. The third-order valence-electron chi connectivity index (χ3n) is 7.28. The van der Waals surface area contributed by atoms with Crippen LogP contribution in [0, 0.1) is 10.7 Å². The summed E-state index contributed by atoms with van der Waals surface area (Å²) in [6, 6.07) is 10.9. The van der Waals surface area contributed by atoms with Gasteiger partial charge in [0.15, 0.2) is 5.54 Å². The Hall–Kier alpha value is -4.42. The summed E-state index contributed by atoms with van der Waals surface area (Å²) in [5.41, 5.74) is 4.13. The third kappa shape index (κ3) is 3.67. The topological polar surface area (TPSA) is 118 Å². The number of fused-ring (bicyclic) bond motifs is 3. The number of nitrogens with zero attached hydrogens (tertiary/aromatic N) is 6. The molecular weight excluding hydrogens is 517 g/mol. The van der Waals surface area contributed by atoms with Gasteiger partial charge in [-0.05, 0) is 49.3 Å². The van der Waals surface area contributed by atoms with E-state index in [1.165, 1.54) is 12.3 Å². The lowest BCUT2D eigenvalue weighted by Gasteiger charge is -2.38. The molecular formula is C27H24FN9OS. The molecule has 0 spiro atoms. The third-order valence-corrected chi connectivity index (χ3v) is 7.58. The van der Waals surface area contributed by atoms with Crippen LogP contribution in [0.15, 0.2) is 65.6 Å². The van der Waals surface area contributed by atoms with Crippen LogP contribution < -0.4 is 5.32 Å². The van der Waals surface area contributed by atoms with Gasteiger partial charge in [-0.2, -0.15) is 5.10 Å². The highest BCUT2D eigenvalue weighted by Gasteiger charge is 2.50. The van der Waals surface area contributed by atoms with E-state index in [-0.39, 0.29) is 6.04 Å². The van der Waals surface area contributed by atoms with Crippen molar-refractivity contribution in [1.82, 2.24) is 44.8 Å². The van der Waals surface area contributed by atoms with E-state index in [0.717, 1.165) is 27.7 Å². The minimum Gasteiger partial charge on any atom is -0.411 e. The highest BCUT2D eigenvalue weighted by molar-refractivity contribution is 7.71. The molecule has 0 bridgehead atoms. The highest BCUT2D eigenvalue weighted by atomic mass is 32.1. The van der Waals surface area contributed by atoms with Gasteiger partial charge in [0, 0.05) is 36.3 Å². The maximum Gasteiger partial charge on any atom is 0.287 e. The Bertz CT molecular complexity index is 1880. The predicted molar refractivity (Wildman–Crippen MR) is 144 cm³/mol. The van der Waals surface area contributed by atoms with Gasteiger partial charge in [0.05, 0.1) is 41.7 Å². The van der Waals surface area contributed by atoms with Crippen LogP contribution in [-0.4, -0.2) is 39.5 Å². The molecule has 39 heavy (non-hydrogen) atoms. The van der Waals surface area contributed by atoms with Crippen molar-refractivity contribution in [2.75, 3.05) is 0 Å². The van der Waals surface area contributed by atoms with Crippen LogP contribution in [0.5, 0.6) is 0 Å². The summed E-state index contributed by atoms with van der Waals surface area (Å²) in [4.78, 5) is 16.3. The van der Waals surface area contributed by atoms with Gasteiger partial charge in [-0.25, -0.2) is 14.1 Å². The minimum atomic E-state index is -1.04. The molecule has 0 aliphatic carbocycles. The Morgan fingerprint density at radius 1 is 1.13 bits per heavy atom. The van der Waals surface area contributed by atoms with Crippen molar-refractivity contribution in [1.29, 1.82) is 0 Å². The molecule has 3 N–H and O–H groups in total. The van der Waals surface area contributed by atoms with Crippen molar-refractivity contribution in [3.05, 3.63) is 100 Å². The van der Waals surface area contributed by atoms with E-state index in [9.17, 15) is 4.39 Å². The summed E-state index contributed by atoms with van der Waals surface area (Å²) in [6.45, 7) is 2.54. The largest absolute Gasteiger partial charge is 0.411 e. The Balaban J connectivity index is 1.46. The summed E-state index contributed by atoms with van der Waals surface area (Å²) in [5.74, 6) is 0.720. The molecule has 6 heterocycles. The number of rotatable bonds is 5. The van der Waals surface area contributed by atoms with Crippen LogP contribution in [-0.2, 0) is 25.6 Å². The van der Waals surface area contributed by atoms with Crippen molar-refractivity contribution in [3.8, 4) is 11.4 Å². The molecule has 1 aliphatic rings. The van der Waals surface area contributed by atoms with Gasteiger partial charge in [0.1, 0.15) is 11.6 Å². The van der Waals surface area contributed by atoms with E-state index in [1.54, 1.807) is 21.6 Å². The number of pyridine rings is 1. The first-order chi connectivity index (χ1) is 19.0. The van der Waals surface area contributed by atoms with E-state index in [1.807, 2.05) is 38.5 Å². The van der Waals surface area contributed by atoms with Crippen LogP contribution in [0.2, 0.25) is 0 Å². The quantitative estimate of drug-likeness (QED) is 0.274. The van der Waals surface area contributed by atoms with Crippen LogP contribution in [0.4, 0.5) is 4.39 Å². The normalized spacial score (nSPS) is 19.0. The minimum absolute atomic E-state index is 0.276. The first-order valence-corrected chi connectivity index (χ1v) is 13.0. The van der Waals surface area contributed by atoms with Crippen molar-refractivity contribution in [2.45, 2.75) is 31.5 Å². The zero-order valence-corrected chi connectivity index (χ0v) is 22.0. The number of hydrogen-bond acceptors (Lipinski definition) is 7. The molecule has 0 saturated heterocycles. The fourth-order valence-corrected chi connectivity index (χ4v) is 5.71. The van der Waals surface area contributed by atoms with Crippen LogP contribution in [0.1, 0.15) is 41.5 Å². The molecule has 0 radical (unpaired) electrons. The summed E-state index contributed by atoms with van der Waals surface area (Å²) >= 11 is 5.52. The number of aromatic nitrogens is 8. The van der Waals surface area contributed by atoms with E-state index in [4.69, 9.17) is 26.7 Å². The molecule has 0 saturated carbocycles. The molecule has 7 rings (SSSR count). The fraction of sp³-hybridized carbons (Fsp3) is 0.222. The van der Waals surface area contributed by atoms with Gasteiger partial charge in [0.2, 0.25) is 5.89 Å². The number of aryl methyl sites for hydroxylation is 2. The first-order valence-electron chi connectivity index (χ1n) is 12.6. The average molecular weight is 542 g/mol. The number of aromatic amines is 2. The van der Waals surface area contributed by atoms with Crippen molar-refractivity contribution in [2.24, 2.45) is 7.05 Å². The van der Waals surface area contributed by atoms with Gasteiger partial charge < -0.3 is 14.4 Å². The number of halogens is 1. The smallest absolute Gasteiger partial charge is 0.287 e. The van der Waals surface area contributed by atoms with E-state index >= 15 is 0 Å². The zero-order chi connectivity index (χ0) is 26.7. The molecule has 1 unspecified atom stereocenters. The molecule has 6 aromatic rings. The molecule has 5 aromatic heterocycles. The van der Waals surface area contributed by atoms with Crippen molar-refractivity contribution >= 4 is 23.1 Å². The van der Waals surface area contributed by atoms with E-state index in [2.05, 4.69) is 37.5 Å². The number of para-hydroxylation sites is 1. The second-order valence-electron chi connectivity index (χ2n) is 9.61. The number of hydrogen-bond donors (Lipinski definition) is 3. The standard InChI is InChI=1S/C27H24FN9OS/c1-3-37-26(39)38-25(35-37)27(15-11-31-36(2)14-15)23-18(17-6-4-5-7-19(17)32-23)10-21(34-27)24-30-13-22(33-24)20-9-8-16(28)12-29-20/h4-9,11-14,21,32,34H,3,10H2,1-2H3,(H,30,33)/t21-,27?/m1/s1. The molecule has 12 heteroatoms. The summed E-state index contributed by atoms with van der Waals surface area (Å²) < 4.78 is 23.1. The molecule has 1 aliphatic heterocycles. The molecule has 2 atom stereocenters. The average Bonchev–Trinajstić information content (AvgIpc) is 3.74. The van der Waals surface area contributed by atoms with Gasteiger partial charge >= 0.3 is 0 Å². The monoisotopic (exact) mass is 541 g/mol. The number of nitrogens with one attached hydrogen (secondary N) is 3. The lowest BCUT2D eigenvalue weighted by molar-refractivity contribution is 0.288. The Morgan fingerprint density at radius 3 is 2.74 bits per heavy atom. The Morgan fingerprint density at radius 2 is 2.00 bits per heavy atom. The Labute approximate surface area is 226 Å². The summed E-state index contributed by atoms with van der Waals surface area (Å²) in [5, 5.41) is 14.2. The zero-order valence-electron chi connectivity index (χ0n) is 21.1. The molecule has 0 fully saturated rings. The molecule has 1 aromatic carbocycles. The molecule has 0 amide bonds. The fourth-order valence-electron chi connectivity index (χ4n) is 5.46. The maximum atomic E-state index is 13.5. The van der Waals surface area contributed by atoms with Crippen molar-refractivity contribution < 1.29 is 8.81 Å². The molecule has 196 valence electrons. The first kappa shape index (κ1) is 23.7. The second kappa shape index (κ2) is 8.82. The number of imidazole rings is 1. The summed E-state index contributed by atoms with van der Waals surface area (Å²) in [6.07, 6.45) is 7.30. The van der Waals surface area contributed by atoms with Crippen LogP contribution in [0.3, 0.4) is 0 Å². The SMILES string of the molecule is CCn1nc(C2(c3cnn(C)c3)N[C@@H](c3ncc(-c4ccc(F)cn4)[nH]3)Cc3c2[nH]c2ccccc32)oc1=S. The van der Waals surface area contributed by atoms with Gasteiger partial charge in [0.25, 0.3) is 4.84 Å². The lowest BCUT2D eigenvalue weighted by atomic mass is 9.79. The van der Waals surface area contributed by atoms with Crippen LogP contribution in [0.25, 0.3) is 22.3 Å². The summed E-state index contributed by atoms with van der Waals surface area (Å²) in [7, 11) is 1.87. The van der Waals surface area contributed by atoms with Gasteiger partial charge in [-0.3, -0.25) is 15.0 Å². The van der Waals surface area contributed by atoms with E-state index in [0.29, 0.717) is 40.9 Å². The van der Waals surface area contributed by atoms with Gasteiger partial charge in [-0.15, -0.1) is 5.10 Å².